The molecule has 0 saturated carbocycles. The van der Waals surface area contributed by atoms with Gasteiger partial charge in [-0.3, -0.25) is 4.98 Å². The van der Waals surface area contributed by atoms with E-state index in [2.05, 4.69) is 41.4 Å². The molecule has 0 aliphatic rings. The molecular weight excluding hydrogens is 202 g/mol. The van der Waals surface area contributed by atoms with Crippen LogP contribution in [0.1, 0.15) is 11.4 Å². The number of pyridine rings is 1. The van der Waals surface area contributed by atoms with Gasteiger partial charge in [-0.05, 0) is 31.2 Å². The van der Waals surface area contributed by atoms with Crippen LogP contribution in [0.25, 0.3) is 0 Å². The topological polar surface area (TPSA) is 12.9 Å². The molecule has 0 bridgehead atoms. The maximum Gasteiger partial charge on any atom is 0.0509 e. The Morgan fingerprint density at radius 2 is 1.80 bits per heavy atom. The number of aryl methyl sites for hydroxylation is 1. The smallest absolute Gasteiger partial charge is 0.0509 e. The van der Waals surface area contributed by atoms with E-state index < -0.39 is 0 Å². The summed E-state index contributed by atoms with van der Waals surface area (Å²) in [5, 5.41) is 0. The fourth-order valence-electron chi connectivity index (χ4n) is 1.35. The van der Waals surface area contributed by atoms with E-state index >= 15 is 0 Å². The van der Waals surface area contributed by atoms with E-state index in [1.165, 1.54) is 4.90 Å². The van der Waals surface area contributed by atoms with Crippen LogP contribution in [0.2, 0.25) is 0 Å². The van der Waals surface area contributed by atoms with E-state index in [0.29, 0.717) is 0 Å². The number of nitrogens with zero attached hydrogens (tertiary/aromatic N) is 1. The summed E-state index contributed by atoms with van der Waals surface area (Å²) in [5.41, 5.74) is 2.23. The molecule has 15 heavy (non-hydrogen) atoms. The van der Waals surface area contributed by atoms with Crippen molar-refractivity contribution in [3.05, 3.63) is 59.9 Å². The third-order valence-corrected chi connectivity index (χ3v) is 3.12. The average molecular weight is 215 g/mol. The highest BCUT2D eigenvalue weighted by Gasteiger charge is 1.96. The first-order valence-electron chi connectivity index (χ1n) is 4.95. The summed E-state index contributed by atoms with van der Waals surface area (Å²) in [6.07, 6.45) is 0. The van der Waals surface area contributed by atoms with Gasteiger partial charge in [-0.15, -0.1) is 11.8 Å². The van der Waals surface area contributed by atoms with Crippen LogP contribution in [0.3, 0.4) is 0 Å². The average Bonchev–Trinajstić information content (AvgIpc) is 2.28. The normalized spacial score (nSPS) is 10.2. The van der Waals surface area contributed by atoms with Gasteiger partial charge in [0.2, 0.25) is 0 Å². The molecule has 1 aromatic heterocycles. The van der Waals surface area contributed by atoms with Gasteiger partial charge in [0.05, 0.1) is 5.69 Å². The first-order valence-corrected chi connectivity index (χ1v) is 5.93. The zero-order chi connectivity index (χ0) is 10.5. The quantitative estimate of drug-likeness (QED) is 0.724. The van der Waals surface area contributed by atoms with Crippen molar-refractivity contribution in [3.8, 4) is 0 Å². The molecule has 0 radical (unpaired) electrons. The van der Waals surface area contributed by atoms with Gasteiger partial charge in [-0.2, -0.15) is 0 Å². The number of hydrogen-bond donors (Lipinski definition) is 0. The van der Waals surface area contributed by atoms with Crippen LogP contribution in [0.4, 0.5) is 0 Å². The maximum absolute atomic E-state index is 4.47. The van der Waals surface area contributed by atoms with E-state index in [9.17, 15) is 0 Å². The van der Waals surface area contributed by atoms with Crippen molar-refractivity contribution in [1.29, 1.82) is 0 Å². The molecule has 0 amide bonds. The Balaban J connectivity index is 1.99. The van der Waals surface area contributed by atoms with E-state index in [1.807, 2.05) is 30.8 Å². The van der Waals surface area contributed by atoms with E-state index in [4.69, 9.17) is 0 Å². The summed E-state index contributed by atoms with van der Waals surface area (Å²) in [5.74, 6) is 0.936. The molecule has 2 aromatic rings. The van der Waals surface area contributed by atoms with Crippen LogP contribution < -0.4 is 0 Å². The second-order valence-electron chi connectivity index (χ2n) is 3.37. The van der Waals surface area contributed by atoms with Crippen molar-refractivity contribution in [2.45, 2.75) is 17.6 Å². The zero-order valence-corrected chi connectivity index (χ0v) is 9.50. The van der Waals surface area contributed by atoms with Gasteiger partial charge in [-0.25, -0.2) is 0 Å². The molecule has 1 heterocycles. The van der Waals surface area contributed by atoms with Crippen LogP contribution in [-0.4, -0.2) is 4.98 Å². The van der Waals surface area contributed by atoms with Crippen LogP contribution in [0, 0.1) is 6.92 Å². The highest BCUT2D eigenvalue weighted by Crippen LogP contribution is 2.21. The molecule has 0 spiro atoms. The van der Waals surface area contributed by atoms with E-state index in [1.54, 1.807) is 0 Å². The lowest BCUT2D eigenvalue weighted by Crippen LogP contribution is -1.88. The lowest BCUT2D eigenvalue weighted by Gasteiger charge is -2.01. The highest BCUT2D eigenvalue weighted by atomic mass is 32.2. The third-order valence-electron chi connectivity index (χ3n) is 2.08. The minimum absolute atomic E-state index is 0.936. The second-order valence-corrected chi connectivity index (χ2v) is 4.42. The molecule has 0 unspecified atom stereocenters. The van der Waals surface area contributed by atoms with Crippen LogP contribution in [0.15, 0.2) is 53.4 Å². The zero-order valence-electron chi connectivity index (χ0n) is 8.68. The minimum Gasteiger partial charge on any atom is -0.257 e. The molecule has 2 rings (SSSR count). The summed E-state index contributed by atoms with van der Waals surface area (Å²) in [6, 6.07) is 16.6. The first-order chi connectivity index (χ1) is 7.34. The van der Waals surface area contributed by atoms with Crippen molar-refractivity contribution in [2.24, 2.45) is 0 Å². The Bertz CT molecular complexity index is 426. The number of rotatable bonds is 3. The van der Waals surface area contributed by atoms with Gasteiger partial charge in [0, 0.05) is 16.3 Å². The third kappa shape index (κ3) is 3.10. The molecule has 0 N–H and O–H groups in total. The van der Waals surface area contributed by atoms with Gasteiger partial charge in [0.25, 0.3) is 0 Å². The molecular formula is C13H13NS. The number of hydrogen-bond acceptors (Lipinski definition) is 2. The van der Waals surface area contributed by atoms with E-state index in [-0.39, 0.29) is 0 Å². The predicted octanol–water partition coefficient (Wildman–Crippen LogP) is 3.68. The van der Waals surface area contributed by atoms with Gasteiger partial charge in [0.1, 0.15) is 0 Å². The standard InChI is InChI=1S/C13H13NS/c1-11-6-5-7-12(14-11)10-15-13-8-3-2-4-9-13/h2-9H,10H2,1H3. The largest absolute Gasteiger partial charge is 0.257 e. The molecule has 1 aromatic carbocycles. The Morgan fingerprint density at radius 1 is 1.00 bits per heavy atom. The second kappa shape index (κ2) is 4.99. The van der Waals surface area contributed by atoms with Crippen molar-refractivity contribution >= 4 is 11.8 Å². The van der Waals surface area contributed by atoms with Crippen molar-refractivity contribution in [1.82, 2.24) is 4.98 Å². The fraction of sp³-hybridized carbons (Fsp3) is 0.154. The monoisotopic (exact) mass is 215 g/mol. The number of aromatic nitrogens is 1. The summed E-state index contributed by atoms with van der Waals surface area (Å²) < 4.78 is 0. The highest BCUT2D eigenvalue weighted by molar-refractivity contribution is 7.98. The molecule has 76 valence electrons. The number of benzene rings is 1. The molecule has 0 atom stereocenters. The maximum atomic E-state index is 4.47. The minimum atomic E-state index is 0.936. The predicted molar refractivity (Wildman–Crippen MR) is 65.0 cm³/mol. The SMILES string of the molecule is Cc1cccc(CSc2ccccc2)n1. The van der Waals surface area contributed by atoms with Gasteiger partial charge < -0.3 is 0 Å². The Labute approximate surface area is 94.6 Å². The Hall–Kier alpha value is -1.28. The molecule has 0 aliphatic carbocycles. The van der Waals surface area contributed by atoms with Crippen LogP contribution in [0.5, 0.6) is 0 Å². The van der Waals surface area contributed by atoms with Crippen LogP contribution in [-0.2, 0) is 5.75 Å². The van der Waals surface area contributed by atoms with Crippen LogP contribution >= 0.6 is 11.8 Å². The van der Waals surface area contributed by atoms with Crippen molar-refractivity contribution < 1.29 is 0 Å². The lowest BCUT2D eigenvalue weighted by atomic mass is 10.3. The molecule has 0 aliphatic heterocycles. The number of thioether (sulfide) groups is 1. The molecule has 0 fully saturated rings. The summed E-state index contributed by atoms with van der Waals surface area (Å²) >= 11 is 1.82. The molecule has 1 nitrogen and oxygen atoms in total. The fourth-order valence-corrected chi connectivity index (χ4v) is 2.18. The van der Waals surface area contributed by atoms with Gasteiger partial charge in [-0.1, -0.05) is 24.3 Å². The lowest BCUT2D eigenvalue weighted by molar-refractivity contribution is 1.11. The molecule has 0 saturated heterocycles. The molecule has 2 heteroatoms. The Morgan fingerprint density at radius 3 is 2.53 bits per heavy atom. The van der Waals surface area contributed by atoms with Gasteiger partial charge >= 0.3 is 0 Å². The summed E-state index contributed by atoms with van der Waals surface area (Å²) in [4.78, 5) is 5.76. The van der Waals surface area contributed by atoms with Crippen molar-refractivity contribution in [2.75, 3.05) is 0 Å². The van der Waals surface area contributed by atoms with E-state index in [0.717, 1.165) is 17.1 Å². The first kappa shape index (κ1) is 10.2. The summed E-state index contributed by atoms with van der Waals surface area (Å²) in [6.45, 7) is 2.02. The Kier molecular flexibility index (Phi) is 3.41. The summed E-state index contributed by atoms with van der Waals surface area (Å²) in [7, 11) is 0. The van der Waals surface area contributed by atoms with Crippen molar-refractivity contribution in [3.63, 3.8) is 0 Å². The van der Waals surface area contributed by atoms with Gasteiger partial charge in [0.15, 0.2) is 0 Å².